The van der Waals surface area contributed by atoms with Gasteiger partial charge in [-0.05, 0) is 31.2 Å². The summed E-state index contributed by atoms with van der Waals surface area (Å²) < 4.78 is 14.5. The monoisotopic (exact) mass is 417 g/mol. The minimum Gasteiger partial charge on any atom is -0.481 e. The van der Waals surface area contributed by atoms with E-state index >= 15 is 0 Å². The number of carboxylic acid groups (broad SMARTS) is 1. The maximum absolute atomic E-state index is 14.5. The van der Waals surface area contributed by atoms with Crippen molar-refractivity contribution in [1.29, 1.82) is 0 Å². The fraction of sp³-hybridized carbons (Fsp3) is 0.400. The molecule has 1 aliphatic carbocycles. The molecule has 1 aliphatic rings. The number of nitrogens with one attached hydrogen (secondary N) is 2. The molecule has 0 aromatic carbocycles. The van der Waals surface area contributed by atoms with Crippen LogP contribution < -0.4 is 5.32 Å². The van der Waals surface area contributed by atoms with Crippen molar-refractivity contribution < 1.29 is 14.3 Å². The Balaban J connectivity index is 1.69. The number of aromatic amines is 1. The van der Waals surface area contributed by atoms with Gasteiger partial charge >= 0.3 is 5.97 Å². The second-order valence-electron chi connectivity index (χ2n) is 7.38. The molecule has 1 saturated carbocycles. The van der Waals surface area contributed by atoms with E-state index in [1.54, 1.807) is 12.3 Å². The van der Waals surface area contributed by atoms with Gasteiger partial charge in [0.2, 0.25) is 0 Å². The van der Waals surface area contributed by atoms with Gasteiger partial charge in [0.05, 0.1) is 17.1 Å². The highest BCUT2D eigenvalue weighted by Gasteiger charge is 2.40. The maximum Gasteiger partial charge on any atom is 0.308 e. The highest BCUT2D eigenvalue weighted by atomic mass is 35.5. The van der Waals surface area contributed by atoms with E-state index < -0.39 is 17.7 Å². The second kappa shape index (κ2) is 7.94. The molecule has 4 rings (SSSR count). The van der Waals surface area contributed by atoms with Crippen molar-refractivity contribution in [1.82, 2.24) is 19.9 Å². The van der Waals surface area contributed by atoms with Crippen LogP contribution in [0.2, 0.25) is 5.02 Å². The predicted octanol–water partition coefficient (Wildman–Crippen LogP) is 4.50. The number of aromatic nitrogens is 4. The molecular weight excluding hydrogens is 397 g/mol. The number of halogens is 2. The van der Waals surface area contributed by atoms with Crippen molar-refractivity contribution in [3.8, 4) is 11.4 Å². The number of rotatable bonds is 6. The molecule has 0 saturated heterocycles. The average Bonchev–Trinajstić information content (AvgIpc) is 3.28. The second-order valence-corrected chi connectivity index (χ2v) is 7.82. The molecule has 3 atom stereocenters. The molecule has 9 heteroatoms. The number of aliphatic carboxylic acids is 1. The molecule has 152 valence electrons. The third-order valence-corrected chi connectivity index (χ3v) is 5.76. The molecule has 3 aromatic rings. The van der Waals surface area contributed by atoms with Crippen LogP contribution in [0.15, 0.2) is 24.7 Å². The number of anilines is 1. The third kappa shape index (κ3) is 3.76. The van der Waals surface area contributed by atoms with Gasteiger partial charge in [-0.15, -0.1) is 0 Å². The lowest BCUT2D eigenvalue weighted by atomic mass is 9.94. The van der Waals surface area contributed by atoms with Crippen molar-refractivity contribution in [2.24, 2.45) is 11.8 Å². The molecule has 0 bridgehead atoms. The standard InChI is InChI=1S/C20H21ClFN5O2/c1-2-3-10-4-5-12(20(28)29)16(10)26-19-15(22)9-25-18(27-19)14-8-24-17-13(14)6-11(21)7-23-17/h6-10,12,16H,2-5H2,1H3,(H,23,24)(H,28,29)(H,25,26,27)/t10-,12-,16-/m0/s1. The van der Waals surface area contributed by atoms with E-state index in [0.29, 0.717) is 28.5 Å². The van der Waals surface area contributed by atoms with E-state index in [1.165, 1.54) is 6.20 Å². The SMILES string of the molecule is CCC[C@H]1CC[C@H](C(=O)O)[C@H]1Nc1nc(-c2c[nH]c3ncc(Cl)cc23)ncc1F. The van der Waals surface area contributed by atoms with Gasteiger partial charge in [-0.25, -0.2) is 19.3 Å². The van der Waals surface area contributed by atoms with Crippen LogP contribution in [0.4, 0.5) is 10.2 Å². The number of carboxylic acids is 1. The van der Waals surface area contributed by atoms with Gasteiger partial charge in [0, 0.05) is 29.4 Å². The van der Waals surface area contributed by atoms with Crippen LogP contribution in [0.25, 0.3) is 22.4 Å². The first-order valence-electron chi connectivity index (χ1n) is 9.62. The number of H-pyrrole nitrogens is 1. The normalized spacial score (nSPS) is 21.6. The Hall–Kier alpha value is -2.74. The van der Waals surface area contributed by atoms with Crippen LogP contribution in [-0.2, 0) is 4.79 Å². The van der Waals surface area contributed by atoms with Crippen LogP contribution in [0.3, 0.4) is 0 Å². The maximum atomic E-state index is 14.5. The van der Waals surface area contributed by atoms with Gasteiger partial charge in [0.1, 0.15) is 5.65 Å². The molecule has 3 N–H and O–H groups in total. The molecule has 3 heterocycles. The number of fused-ring (bicyclic) bond motifs is 1. The number of nitrogens with zero attached hydrogens (tertiary/aromatic N) is 3. The summed E-state index contributed by atoms with van der Waals surface area (Å²) in [6.45, 7) is 2.06. The van der Waals surface area contributed by atoms with Crippen molar-refractivity contribution >= 4 is 34.4 Å². The Kier molecular flexibility index (Phi) is 5.36. The van der Waals surface area contributed by atoms with Gasteiger partial charge in [-0.3, -0.25) is 4.79 Å². The van der Waals surface area contributed by atoms with E-state index in [-0.39, 0.29) is 17.8 Å². The predicted molar refractivity (Wildman–Crippen MR) is 108 cm³/mol. The first-order valence-corrected chi connectivity index (χ1v) is 10.0. The Morgan fingerprint density at radius 3 is 2.97 bits per heavy atom. The Morgan fingerprint density at radius 1 is 1.38 bits per heavy atom. The van der Waals surface area contributed by atoms with Crippen LogP contribution in [0.1, 0.15) is 32.6 Å². The number of hydrogen-bond acceptors (Lipinski definition) is 5. The van der Waals surface area contributed by atoms with Gasteiger partial charge < -0.3 is 15.4 Å². The van der Waals surface area contributed by atoms with Crippen molar-refractivity contribution in [2.45, 2.75) is 38.6 Å². The fourth-order valence-corrected chi connectivity index (χ4v) is 4.35. The van der Waals surface area contributed by atoms with Crippen molar-refractivity contribution in [3.05, 3.63) is 35.5 Å². The molecule has 7 nitrogen and oxygen atoms in total. The van der Waals surface area contributed by atoms with E-state index in [4.69, 9.17) is 11.6 Å². The highest BCUT2D eigenvalue weighted by Crippen LogP contribution is 2.37. The molecule has 0 radical (unpaired) electrons. The number of pyridine rings is 1. The van der Waals surface area contributed by atoms with E-state index in [2.05, 4.69) is 32.2 Å². The molecular formula is C20H21ClFN5O2. The fourth-order valence-electron chi connectivity index (χ4n) is 4.19. The minimum absolute atomic E-state index is 0.0126. The topological polar surface area (TPSA) is 104 Å². The molecule has 0 aliphatic heterocycles. The average molecular weight is 418 g/mol. The summed E-state index contributed by atoms with van der Waals surface area (Å²) in [7, 11) is 0. The van der Waals surface area contributed by atoms with Gasteiger partial charge in [0.15, 0.2) is 17.5 Å². The van der Waals surface area contributed by atoms with Crippen LogP contribution in [-0.4, -0.2) is 37.1 Å². The smallest absolute Gasteiger partial charge is 0.308 e. The quantitative estimate of drug-likeness (QED) is 0.545. The Morgan fingerprint density at radius 2 is 2.21 bits per heavy atom. The lowest BCUT2D eigenvalue weighted by molar-refractivity contribution is -0.141. The van der Waals surface area contributed by atoms with Crippen molar-refractivity contribution in [2.75, 3.05) is 5.32 Å². The van der Waals surface area contributed by atoms with E-state index in [9.17, 15) is 14.3 Å². The van der Waals surface area contributed by atoms with E-state index in [1.807, 2.05) is 0 Å². The summed E-state index contributed by atoms with van der Waals surface area (Å²) in [5.41, 5.74) is 1.26. The summed E-state index contributed by atoms with van der Waals surface area (Å²) in [5, 5.41) is 13.8. The molecule has 0 spiro atoms. The van der Waals surface area contributed by atoms with Gasteiger partial charge in [-0.1, -0.05) is 24.9 Å². The zero-order chi connectivity index (χ0) is 20.5. The number of carbonyl (C=O) groups is 1. The van der Waals surface area contributed by atoms with Crippen LogP contribution >= 0.6 is 11.6 Å². The molecule has 0 amide bonds. The summed E-state index contributed by atoms with van der Waals surface area (Å²) >= 11 is 6.05. The molecule has 1 fully saturated rings. The summed E-state index contributed by atoms with van der Waals surface area (Å²) in [6, 6.07) is 1.37. The van der Waals surface area contributed by atoms with E-state index in [0.717, 1.165) is 30.8 Å². The van der Waals surface area contributed by atoms with Crippen molar-refractivity contribution in [3.63, 3.8) is 0 Å². The summed E-state index contributed by atoms with van der Waals surface area (Å²) in [6.07, 6.45) is 7.52. The minimum atomic E-state index is -0.867. The van der Waals surface area contributed by atoms with Crippen LogP contribution in [0, 0.1) is 17.7 Å². The Labute approximate surface area is 171 Å². The molecule has 3 aromatic heterocycles. The van der Waals surface area contributed by atoms with Gasteiger partial charge in [0.25, 0.3) is 0 Å². The largest absolute Gasteiger partial charge is 0.481 e. The van der Waals surface area contributed by atoms with Gasteiger partial charge in [-0.2, -0.15) is 0 Å². The first kappa shape index (κ1) is 19.6. The summed E-state index contributed by atoms with van der Waals surface area (Å²) in [4.78, 5) is 27.4. The summed E-state index contributed by atoms with van der Waals surface area (Å²) in [5.74, 6) is -1.57. The Bertz CT molecular complexity index is 1060. The zero-order valence-electron chi connectivity index (χ0n) is 15.8. The molecule has 0 unspecified atom stereocenters. The molecule has 29 heavy (non-hydrogen) atoms. The first-order chi connectivity index (χ1) is 14.0. The van der Waals surface area contributed by atoms with Crippen LogP contribution in [0.5, 0.6) is 0 Å². The number of hydrogen-bond donors (Lipinski definition) is 3. The lowest BCUT2D eigenvalue weighted by Gasteiger charge is -2.24. The zero-order valence-corrected chi connectivity index (χ0v) is 16.6. The third-order valence-electron chi connectivity index (χ3n) is 5.55. The lowest BCUT2D eigenvalue weighted by Crippen LogP contribution is -2.35. The highest BCUT2D eigenvalue weighted by molar-refractivity contribution is 6.31.